The predicted octanol–water partition coefficient (Wildman–Crippen LogP) is 1.76. The van der Waals surface area contributed by atoms with E-state index in [1.54, 1.807) is 7.05 Å². The zero-order chi connectivity index (χ0) is 12.4. The van der Waals surface area contributed by atoms with Gasteiger partial charge in [-0.3, -0.25) is 9.63 Å². The van der Waals surface area contributed by atoms with Crippen molar-refractivity contribution in [2.75, 3.05) is 14.2 Å². The molecule has 1 N–H and O–H groups in total. The van der Waals surface area contributed by atoms with E-state index in [1.807, 2.05) is 0 Å². The van der Waals surface area contributed by atoms with Gasteiger partial charge in [0.2, 0.25) is 0 Å². The summed E-state index contributed by atoms with van der Waals surface area (Å²) in [5.74, 6) is -0.0193. The van der Waals surface area contributed by atoms with Gasteiger partial charge in [-0.1, -0.05) is 0 Å². The molecular formula is C13H20N2O2. The van der Waals surface area contributed by atoms with Gasteiger partial charge >= 0.3 is 0 Å². The molecule has 17 heavy (non-hydrogen) atoms. The number of fused-ring (bicyclic) bond motifs is 1. The number of carbonyl (C=O) groups is 1. The van der Waals surface area contributed by atoms with Crippen LogP contribution in [-0.2, 0) is 28.9 Å². The summed E-state index contributed by atoms with van der Waals surface area (Å²) in [4.78, 5) is 20.1. The Hall–Kier alpha value is -1.29. The average molecular weight is 236 g/mol. The molecule has 0 bridgehead atoms. The van der Waals surface area contributed by atoms with Gasteiger partial charge in [0, 0.05) is 18.4 Å². The van der Waals surface area contributed by atoms with E-state index < -0.39 is 0 Å². The summed E-state index contributed by atoms with van der Waals surface area (Å²) in [7, 11) is 3.14. The molecule has 0 aromatic carbocycles. The Kier molecular flexibility index (Phi) is 3.52. The number of rotatable bonds is 3. The molecule has 1 aromatic heterocycles. The monoisotopic (exact) mass is 236 g/mol. The van der Waals surface area contributed by atoms with Crippen molar-refractivity contribution >= 4 is 5.91 Å². The first-order chi connectivity index (χ1) is 8.13. The number of aromatic amines is 1. The van der Waals surface area contributed by atoms with E-state index in [-0.39, 0.29) is 5.91 Å². The van der Waals surface area contributed by atoms with Gasteiger partial charge in [-0.05, 0) is 43.7 Å². The van der Waals surface area contributed by atoms with Crippen LogP contribution < -0.4 is 0 Å². The lowest BCUT2D eigenvalue weighted by atomic mass is 9.95. The van der Waals surface area contributed by atoms with Crippen LogP contribution in [-0.4, -0.2) is 30.1 Å². The summed E-state index contributed by atoms with van der Waals surface area (Å²) < 4.78 is 0. The smallest absolute Gasteiger partial charge is 0.251 e. The van der Waals surface area contributed by atoms with Crippen molar-refractivity contribution in [3.8, 4) is 0 Å². The molecule has 4 nitrogen and oxygen atoms in total. The standard InChI is InChI=1S/C13H20N2O2/c1-9-10-6-4-5-7-11(10)14-12(9)8-13(16)15(2)17-3/h14H,4-8H2,1-3H3. The van der Waals surface area contributed by atoms with Crippen molar-refractivity contribution in [1.82, 2.24) is 10.0 Å². The van der Waals surface area contributed by atoms with Gasteiger partial charge in [-0.25, -0.2) is 5.06 Å². The van der Waals surface area contributed by atoms with Crippen molar-refractivity contribution < 1.29 is 9.63 Å². The second-order valence-corrected chi connectivity index (χ2v) is 4.64. The van der Waals surface area contributed by atoms with Crippen molar-refractivity contribution in [2.24, 2.45) is 0 Å². The minimum atomic E-state index is -0.0193. The van der Waals surface area contributed by atoms with Crippen LogP contribution in [0.15, 0.2) is 0 Å². The van der Waals surface area contributed by atoms with E-state index in [2.05, 4.69) is 11.9 Å². The first kappa shape index (κ1) is 12.2. The number of amides is 1. The number of nitrogens with one attached hydrogen (secondary N) is 1. The van der Waals surface area contributed by atoms with E-state index in [1.165, 1.54) is 41.8 Å². The van der Waals surface area contributed by atoms with Crippen molar-refractivity contribution in [2.45, 2.75) is 39.0 Å². The summed E-state index contributed by atoms with van der Waals surface area (Å²) >= 11 is 0. The lowest BCUT2D eigenvalue weighted by Gasteiger charge is -2.13. The molecule has 94 valence electrons. The molecule has 0 atom stereocenters. The van der Waals surface area contributed by atoms with Crippen molar-refractivity contribution in [1.29, 1.82) is 0 Å². The Morgan fingerprint density at radius 1 is 1.41 bits per heavy atom. The molecule has 1 amide bonds. The molecule has 0 fully saturated rings. The third kappa shape index (κ3) is 2.36. The van der Waals surface area contributed by atoms with E-state index in [4.69, 9.17) is 4.84 Å². The number of carbonyl (C=O) groups excluding carboxylic acids is 1. The highest BCUT2D eigenvalue weighted by atomic mass is 16.7. The van der Waals surface area contributed by atoms with Crippen molar-refractivity contribution in [3.63, 3.8) is 0 Å². The summed E-state index contributed by atoms with van der Waals surface area (Å²) in [5, 5.41) is 1.28. The van der Waals surface area contributed by atoms with Gasteiger partial charge in [0.25, 0.3) is 5.91 Å². The second kappa shape index (κ2) is 4.92. The Labute approximate surface area is 102 Å². The number of aromatic nitrogens is 1. The number of likely N-dealkylation sites (N-methyl/N-ethyl adjacent to an activating group) is 1. The summed E-state index contributed by atoms with van der Waals surface area (Å²) in [6.45, 7) is 2.11. The van der Waals surface area contributed by atoms with Crippen LogP contribution >= 0.6 is 0 Å². The molecule has 1 aliphatic carbocycles. The van der Waals surface area contributed by atoms with E-state index >= 15 is 0 Å². The molecule has 0 unspecified atom stereocenters. The van der Waals surface area contributed by atoms with Gasteiger partial charge < -0.3 is 4.98 Å². The van der Waals surface area contributed by atoms with Crippen molar-refractivity contribution in [3.05, 3.63) is 22.5 Å². The van der Waals surface area contributed by atoms with Gasteiger partial charge in [0.15, 0.2) is 0 Å². The molecule has 0 spiro atoms. The van der Waals surface area contributed by atoms with Crippen LogP contribution in [0.5, 0.6) is 0 Å². The van der Waals surface area contributed by atoms with Crippen LogP contribution in [0.2, 0.25) is 0 Å². The minimum Gasteiger partial charge on any atom is -0.361 e. The van der Waals surface area contributed by atoms with Gasteiger partial charge in [-0.15, -0.1) is 0 Å². The number of aryl methyl sites for hydroxylation is 1. The molecule has 1 aliphatic rings. The van der Waals surface area contributed by atoms with Crippen LogP contribution in [0.4, 0.5) is 0 Å². The summed E-state index contributed by atoms with van der Waals surface area (Å²) in [6, 6.07) is 0. The highest BCUT2D eigenvalue weighted by Crippen LogP contribution is 2.26. The first-order valence-corrected chi connectivity index (χ1v) is 6.13. The maximum Gasteiger partial charge on any atom is 0.251 e. The van der Waals surface area contributed by atoms with Crippen LogP contribution in [0.1, 0.15) is 35.4 Å². The third-order valence-corrected chi connectivity index (χ3v) is 3.63. The SMILES string of the molecule is CON(C)C(=O)Cc1[nH]c2c(c1C)CCCC2. The normalized spacial score (nSPS) is 14.5. The number of hydroxylamine groups is 2. The highest BCUT2D eigenvalue weighted by molar-refractivity contribution is 5.77. The fourth-order valence-electron chi connectivity index (χ4n) is 2.46. The summed E-state index contributed by atoms with van der Waals surface area (Å²) in [5.41, 5.74) is 5.07. The quantitative estimate of drug-likeness (QED) is 0.813. The largest absolute Gasteiger partial charge is 0.361 e. The highest BCUT2D eigenvalue weighted by Gasteiger charge is 2.19. The number of H-pyrrole nitrogens is 1. The maximum atomic E-state index is 11.8. The molecule has 0 aliphatic heterocycles. The predicted molar refractivity (Wildman–Crippen MR) is 65.7 cm³/mol. The van der Waals surface area contributed by atoms with Crippen LogP contribution in [0.3, 0.4) is 0 Å². The molecule has 4 heteroatoms. The van der Waals surface area contributed by atoms with Gasteiger partial charge in [0.1, 0.15) is 0 Å². The lowest BCUT2D eigenvalue weighted by Crippen LogP contribution is -2.27. The Morgan fingerprint density at radius 3 is 2.76 bits per heavy atom. The van der Waals surface area contributed by atoms with E-state index in [0.29, 0.717) is 6.42 Å². The lowest BCUT2D eigenvalue weighted by molar-refractivity contribution is -0.167. The number of hydrogen-bond acceptors (Lipinski definition) is 2. The van der Waals surface area contributed by atoms with Gasteiger partial charge in [0.05, 0.1) is 13.5 Å². The molecule has 2 rings (SSSR count). The molecule has 0 saturated heterocycles. The molecule has 0 saturated carbocycles. The maximum absolute atomic E-state index is 11.8. The first-order valence-electron chi connectivity index (χ1n) is 6.13. The molecule has 0 radical (unpaired) electrons. The zero-order valence-corrected chi connectivity index (χ0v) is 10.8. The fourth-order valence-corrected chi connectivity index (χ4v) is 2.46. The average Bonchev–Trinajstić information content (AvgIpc) is 2.66. The summed E-state index contributed by atoms with van der Waals surface area (Å²) in [6.07, 6.45) is 5.16. The Bertz CT molecular complexity index is 423. The fraction of sp³-hybridized carbons (Fsp3) is 0.615. The minimum absolute atomic E-state index is 0.0193. The third-order valence-electron chi connectivity index (χ3n) is 3.63. The Balaban J connectivity index is 2.17. The Morgan fingerprint density at radius 2 is 2.12 bits per heavy atom. The number of hydrogen-bond donors (Lipinski definition) is 1. The second-order valence-electron chi connectivity index (χ2n) is 4.64. The van der Waals surface area contributed by atoms with E-state index in [0.717, 1.165) is 18.5 Å². The topological polar surface area (TPSA) is 45.3 Å². The van der Waals surface area contributed by atoms with Gasteiger partial charge in [-0.2, -0.15) is 0 Å². The molecular weight excluding hydrogens is 216 g/mol. The molecule has 1 aromatic rings. The zero-order valence-electron chi connectivity index (χ0n) is 10.8. The van der Waals surface area contributed by atoms with E-state index in [9.17, 15) is 4.79 Å². The molecule has 1 heterocycles. The van der Waals surface area contributed by atoms with Crippen LogP contribution in [0.25, 0.3) is 0 Å². The number of nitrogens with zero attached hydrogens (tertiary/aromatic N) is 1. The van der Waals surface area contributed by atoms with Crippen LogP contribution in [0, 0.1) is 6.92 Å².